The zero-order valence-electron chi connectivity index (χ0n) is 12.0. The average molecular weight is 267 g/mol. The Labute approximate surface area is 114 Å². The molecular formula is C14H22FN3O. The van der Waals surface area contributed by atoms with Crippen LogP contribution in [0.15, 0.2) is 18.3 Å². The molecule has 0 unspecified atom stereocenters. The molecule has 1 N–H and O–H groups in total. The summed E-state index contributed by atoms with van der Waals surface area (Å²) in [5, 5.41) is 2.79. The van der Waals surface area contributed by atoms with Crippen LogP contribution in [0.1, 0.15) is 38.1 Å². The van der Waals surface area contributed by atoms with Crippen molar-refractivity contribution in [3.05, 3.63) is 29.8 Å². The molecule has 0 aliphatic heterocycles. The molecule has 1 amide bonds. The number of carbonyl (C=O) groups is 1. The Morgan fingerprint density at radius 2 is 2.00 bits per heavy atom. The number of nitrogens with one attached hydrogen (secondary N) is 1. The van der Waals surface area contributed by atoms with Gasteiger partial charge in [-0.1, -0.05) is 0 Å². The molecule has 0 atom stereocenters. The van der Waals surface area contributed by atoms with Crippen molar-refractivity contribution < 1.29 is 9.18 Å². The van der Waals surface area contributed by atoms with Gasteiger partial charge in [0.25, 0.3) is 5.91 Å². The molecule has 0 aliphatic carbocycles. The number of nitrogens with zero attached hydrogens (tertiary/aromatic N) is 2. The fraction of sp³-hybridized carbons (Fsp3) is 0.571. The minimum atomic E-state index is -0.640. The lowest BCUT2D eigenvalue weighted by Gasteiger charge is -2.30. The lowest BCUT2D eigenvalue weighted by Crippen LogP contribution is -2.42. The summed E-state index contributed by atoms with van der Waals surface area (Å²) in [6.07, 6.45) is 1.29. The third-order valence-electron chi connectivity index (χ3n) is 2.97. The van der Waals surface area contributed by atoms with Crippen LogP contribution in [0.25, 0.3) is 0 Å². The van der Waals surface area contributed by atoms with Gasteiger partial charge in [-0.05, 0) is 33.8 Å². The molecule has 106 valence electrons. The molecule has 4 nitrogen and oxygen atoms in total. The van der Waals surface area contributed by atoms with Crippen LogP contribution >= 0.6 is 0 Å². The van der Waals surface area contributed by atoms with E-state index in [1.807, 2.05) is 0 Å². The molecule has 1 heterocycles. The Kier molecular flexibility index (Phi) is 5.89. The van der Waals surface area contributed by atoms with Crippen molar-refractivity contribution in [1.29, 1.82) is 0 Å². The zero-order chi connectivity index (χ0) is 14.4. The van der Waals surface area contributed by atoms with Gasteiger partial charge in [0.15, 0.2) is 0 Å². The second-order valence-electron chi connectivity index (χ2n) is 5.05. The Bertz CT molecular complexity index is 413. The normalized spacial score (nSPS) is 11.4. The van der Waals surface area contributed by atoms with E-state index < -0.39 is 5.95 Å². The third-order valence-corrected chi connectivity index (χ3v) is 2.97. The second kappa shape index (κ2) is 7.19. The van der Waals surface area contributed by atoms with Crippen molar-refractivity contribution in [3.63, 3.8) is 0 Å². The number of amides is 1. The molecule has 0 aromatic carbocycles. The molecule has 5 heteroatoms. The highest BCUT2D eigenvalue weighted by atomic mass is 19.1. The van der Waals surface area contributed by atoms with Crippen LogP contribution < -0.4 is 5.32 Å². The van der Waals surface area contributed by atoms with E-state index in [0.717, 1.165) is 12.6 Å². The maximum atomic E-state index is 12.9. The van der Waals surface area contributed by atoms with Gasteiger partial charge in [0, 0.05) is 43.0 Å². The van der Waals surface area contributed by atoms with Crippen LogP contribution in [0.2, 0.25) is 0 Å². The van der Waals surface area contributed by atoms with Crippen LogP contribution in [0, 0.1) is 5.95 Å². The predicted molar refractivity (Wildman–Crippen MR) is 73.5 cm³/mol. The minimum Gasteiger partial charge on any atom is -0.351 e. The number of aromatic nitrogens is 1. The van der Waals surface area contributed by atoms with E-state index in [2.05, 4.69) is 42.9 Å². The molecule has 1 aromatic heterocycles. The van der Waals surface area contributed by atoms with Gasteiger partial charge in [-0.25, -0.2) is 4.98 Å². The van der Waals surface area contributed by atoms with Crippen LogP contribution in [-0.4, -0.2) is 41.0 Å². The molecule has 1 rings (SSSR count). The molecule has 0 bridgehead atoms. The first-order chi connectivity index (χ1) is 8.91. The van der Waals surface area contributed by atoms with E-state index >= 15 is 0 Å². The van der Waals surface area contributed by atoms with E-state index in [9.17, 15) is 9.18 Å². The van der Waals surface area contributed by atoms with Gasteiger partial charge in [-0.15, -0.1) is 0 Å². The molecule has 0 fully saturated rings. The summed E-state index contributed by atoms with van der Waals surface area (Å²) < 4.78 is 12.9. The fourth-order valence-corrected chi connectivity index (χ4v) is 2.06. The smallest absolute Gasteiger partial charge is 0.251 e. The Balaban J connectivity index is 2.47. The minimum absolute atomic E-state index is 0.270. The van der Waals surface area contributed by atoms with Crippen molar-refractivity contribution in [3.8, 4) is 0 Å². The summed E-state index contributed by atoms with van der Waals surface area (Å²) in [6, 6.07) is 3.49. The number of carbonyl (C=O) groups excluding carboxylic acids is 1. The van der Waals surface area contributed by atoms with Gasteiger partial charge >= 0.3 is 0 Å². The highest BCUT2D eigenvalue weighted by molar-refractivity contribution is 5.93. The standard InChI is InChI=1S/C14H22FN3O/c1-10(2)18(11(3)4)8-7-17-14(19)12-5-6-16-13(15)9-12/h5-6,9-11H,7-8H2,1-4H3,(H,17,19). The van der Waals surface area contributed by atoms with Crippen molar-refractivity contribution in [2.45, 2.75) is 39.8 Å². The van der Waals surface area contributed by atoms with Gasteiger partial charge in [-0.3, -0.25) is 9.69 Å². The van der Waals surface area contributed by atoms with E-state index in [1.165, 1.54) is 12.3 Å². The Morgan fingerprint density at radius 3 is 2.53 bits per heavy atom. The highest BCUT2D eigenvalue weighted by Gasteiger charge is 2.13. The number of hydrogen-bond donors (Lipinski definition) is 1. The maximum Gasteiger partial charge on any atom is 0.251 e. The molecule has 0 saturated carbocycles. The first-order valence-electron chi connectivity index (χ1n) is 6.57. The average Bonchev–Trinajstić information content (AvgIpc) is 2.33. The number of rotatable bonds is 6. The zero-order valence-corrected chi connectivity index (χ0v) is 12.0. The number of hydrogen-bond acceptors (Lipinski definition) is 3. The largest absolute Gasteiger partial charge is 0.351 e. The number of pyridine rings is 1. The Hall–Kier alpha value is -1.49. The Morgan fingerprint density at radius 1 is 1.37 bits per heavy atom. The molecule has 0 aliphatic rings. The highest BCUT2D eigenvalue weighted by Crippen LogP contribution is 2.04. The van der Waals surface area contributed by atoms with Gasteiger partial charge < -0.3 is 5.32 Å². The molecule has 1 aromatic rings. The molecule has 0 radical (unpaired) electrons. The van der Waals surface area contributed by atoms with Crippen molar-refractivity contribution >= 4 is 5.91 Å². The van der Waals surface area contributed by atoms with Gasteiger partial charge in [-0.2, -0.15) is 4.39 Å². The monoisotopic (exact) mass is 267 g/mol. The summed E-state index contributed by atoms with van der Waals surface area (Å²) in [7, 11) is 0. The first-order valence-corrected chi connectivity index (χ1v) is 6.57. The van der Waals surface area contributed by atoms with Crippen LogP contribution in [0.3, 0.4) is 0 Å². The lowest BCUT2D eigenvalue weighted by atomic mass is 10.2. The third kappa shape index (κ3) is 4.95. The second-order valence-corrected chi connectivity index (χ2v) is 5.05. The summed E-state index contributed by atoms with van der Waals surface area (Å²) in [5.74, 6) is -0.910. The van der Waals surface area contributed by atoms with Gasteiger partial charge in [0.05, 0.1) is 0 Å². The predicted octanol–water partition coefficient (Wildman–Crippen LogP) is 2.07. The lowest BCUT2D eigenvalue weighted by molar-refractivity contribution is 0.0938. The summed E-state index contributed by atoms with van der Waals surface area (Å²) >= 11 is 0. The number of halogens is 1. The molecule has 19 heavy (non-hydrogen) atoms. The molecule has 0 saturated heterocycles. The summed E-state index contributed by atoms with van der Waals surface area (Å²) in [4.78, 5) is 17.5. The van der Waals surface area contributed by atoms with Crippen molar-refractivity contribution in [2.75, 3.05) is 13.1 Å². The van der Waals surface area contributed by atoms with Crippen LogP contribution in [-0.2, 0) is 0 Å². The van der Waals surface area contributed by atoms with Gasteiger partial charge in [0.1, 0.15) is 0 Å². The summed E-state index contributed by atoms with van der Waals surface area (Å²) in [5.41, 5.74) is 0.299. The maximum absolute atomic E-state index is 12.9. The quantitative estimate of drug-likeness (QED) is 0.803. The van der Waals surface area contributed by atoms with E-state index in [1.54, 1.807) is 0 Å². The molecule has 0 spiro atoms. The van der Waals surface area contributed by atoms with Crippen molar-refractivity contribution in [1.82, 2.24) is 15.2 Å². The van der Waals surface area contributed by atoms with E-state index in [-0.39, 0.29) is 5.91 Å². The summed E-state index contributed by atoms with van der Waals surface area (Å²) in [6.45, 7) is 9.81. The van der Waals surface area contributed by atoms with Gasteiger partial charge in [0.2, 0.25) is 5.95 Å². The van der Waals surface area contributed by atoms with Crippen LogP contribution in [0.4, 0.5) is 4.39 Å². The van der Waals surface area contributed by atoms with Crippen molar-refractivity contribution in [2.24, 2.45) is 0 Å². The first kappa shape index (κ1) is 15.6. The fourth-order valence-electron chi connectivity index (χ4n) is 2.06. The van der Waals surface area contributed by atoms with Crippen LogP contribution in [0.5, 0.6) is 0 Å². The SMILES string of the molecule is CC(C)N(CCNC(=O)c1ccnc(F)c1)C(C)C. The topological polar surface area (TPSA) is 45.2 Å². The van der Waals surface area contributed by atoms with E-state index in [4.69, 9.17) is 0 Å². The molecular weight excluding hydrogens is 245 g/mol. The van der Waals surface area contributed by atoms with E-state index in [0.29, 0.717) is 24.2 Å².